The van der Waals surface area contributed by atoms with Crippen LogP contribution in [0.2, 0.25) is 0 Å². The summed E-state index contributed by atoms with van der Waals surface area (Å²) in [6, 6.07) is 6.02. The average molecular weight is 359 g/mol. The molecule has 0 aromatic heterocycles. The average Bonchev–Trinajstić information content (AvgIpc) is 3.06. The molecule has 1 heterocycles. The molecule has 1 aromatic carbocycles. The van der Waals surface area contributed by atoms with Crippen molar-refractivity contribution in [2.24, 2.45) is 4.99 Å². The van der Waals surface area contributed by atoms with E-state index in [1.165, 1.54) is 12.1 Å². The van der Waals surface area contributed by atoms with Gasteiger partial charge in [-0.1, -0.05) is 18.2 Å². The molecule has 140 valence electrons. The van der Waals surface area contributed by atoms with Crippen LogP contribution in [0.15, 0.2) is 29.3 Å². The van der Waals surface area contributed by atoms with E-state index in [1.54, 1.807) is 12.1 Å². The molecule has 0 amide bonds. The number of benzene rings is 1. The first-order valence-electron chi connectivity index (χ1n) is 8.45. The van der Waals surface area contributed by atoms with E-state index in [-0.39, 0.29) is 18.4 Å². The molecule has 0 bridgehead atoms. The molecule has 1 unspecified atom stereocenters. The highest BCUT2D eigenvalue weighted by atomic mass is 19.4. The van der Waals surface area contributed by atoms with Gasteiger partial charge in [-0.25, -0.2) is 4.99 Å². The molecule has 0 saturated carbocycles. The number of para-hydroxylation sites is 1. The van der Waals surface area contributed by atoms with Gasteiger partial charge in [0.25, 0.3) is 0 Å². The first kappa shape index (κ1) is 19.4. The highest BCUT2D eigenvalue weighted by Crippen LogP contribution is 2.26. The Kier molecular flexibility index (Phi) is 7.36. The Bertz CT molecular complexity index is 558. The summed E-state index contributed by atoms with van der Waals surface area (Å²) in [4.78, 5) is 4.34. The van der Waals surface area contributed by atoms with Crippen LogP contribution in [-0.2, 0) is 11.3 Å². The van der Waals surface area contributed by atoms with Crippen LogP contribution in [0.1, 0.15) is 31.7 Å². The molecule has 0 aliphatic carbocycles. The number of hydrogen-bond donors (Lipinski definition) is 2. The number of rotatable bonds is 7. The van der Waals surface area contributed by atoms with Gasteiger partial charge in [-0.15, -0.1) is 13.2 Å². The van der Waals surface area contributed by atoms with Gasteiger partial charge in [0, 0.05) is 25.3 Å². The maximum atomic E-state index is 12.5. The van der Waals surface area contributed by atoms with Crippen molar-refractivity contribution >= 4 is 5.96 Å². The Labute approximate surface area is 145 Å². The highest BCUT2D eigenvalue weighted by Gasteiger charge is 2.31. The summed E-state index contributed by atoms with van der Waals surface area (Å²) < 4.78 is 47.0. The third-order valence-electron chi connectivity index (χ3n) is 3.73. The van der Waals surface area contributed by atoms with Gasteiger partial charge in [0.1, 0.15) is 5.75 Å². The fourth-order valence-electron chi connectivity index (χ4n) is 2.59. The van der Waals surface area contributed by atoms with Gasteiger partial charge in [0.05, 0.1) is 12.6 Å². The van der Waals surface area contributed by atoms with E-state index in [9.17, 15) is 13.2 Å². The van der Waals surface area contributed by atoms with Gasteiger partial charge in [-0.3, -0.25) is 0 Å². The molecule has 5 nitrogen and oxygen atoms in total. The highest BCUT2D eigenvalue weighted by molar-refractivity contribution is 5.79. The zero-order chi connectivity index (χ0) is 18.1. The number of guanidine groups is 1. The van der Waals surface area contributed by atoms with E-state index in [0.29, 0.717) is 24.6 Å². The van der Waals surface area contributed by atoms with Crippen molar-refractivity contribution in [1.29, 1.82) is 0 Å². The zero-order valence-corrected chi connectivity index (χ0v) is 14.2. The van der Waals surface area contributed by atoms with Gasteiger partial charge in [-0.2, -0.15) is 0 Å². The van der Waals surface area contributed by atoms with Gasteiger partial charge < -0.3 is 20.1 Å². The molecular formula is C17H24F3N3O2. The lowest BCUT2D eigenvalue weighted by atomic mass is 10.2. The minimum Gasteiger partial charge on any atom is -0.405 e. The van der Waals surface area contributed by atoms with Crippen LogP contribution in [0.4, 0.5) is 13.2 Å². The van der Waals surface area contributed by atoms with Crippen molar-refractivity contribution in [1.82, 2.24) is 10.6 Å². The van der Waals surface area contributed by atoms with Crippen molar-refractivity contribution in [3.8, 4) is 5.75 Å². The summed E-state index contributed by atoms with van der Waals surface area (Å²) in [5.74, 6) is 0.330. The standard InChI is InChI=1S/C17H24F3N3O2/c1-2-21-16(22-10-9-14-7-5-11-24-14)23-12-13-6-3-4-8-15(13)25-17(18,19)20/h3-4,6,8,14H,2,5,7,9-12H2,1H3,(H2,21,22,23). The lowest BCUT2D eigenvalue weighted by Gasteiger charge is -2.15. The third-order valence-corrected chi connectivity index (χ3v) is 3.73. The van der Waals surface area contributed by atoms with Crippen LogP contribution in [0.3, 0.4) is 0 Å². The number of halogens is 3. The molecule has 8 heteroatoms. The molecule has 1 aliphatic rings. The largest absolute Gasteiger partial charge is 0.573 e. The Hall–Kier alpha value is -1.96. The van der Waals surface area contributed by atoms with Crippen LogP contribution in [-0.4, -0.2) is 38.1 Å². The van der Waals surface area contributed by atoms with E-state index < -0.39 is 6.36 Å². The van der Waals surface area contributed by atoms with Crippen molar-refractivity contribution in [2.75, 3.05) is 19.7 Å². The SMILES string of the molecule is CCNC(=NCc1ccccc1OC(F)(F)F)NCCC1CCCO1. The normalized spacial score (nSPS) is 18.2. The summed E-state index contributed by atoms with van der Waals surface area (Å²) in [6.07, 6.45) is -1.41. The summed E-state index contributed by atoms with van der Waals surface area (Å²) in [7, 11) is 0. The number of nitrogens with one attached hydrogen (secondary N) is 2. The first-order chi connectivity index (χ1) is 12.0. The van der Waals surface area contributed by atoms with Crippen molar-refractivity contribution in [2.45, 2.75) is 45.2 Å². The summed E-state index contributed by atoms with van der Waals surface area (Å²) in [6.45, 7) is 4.18. The second-order valence-electron chi connectivity index (χ2n) is 5.70. The predicted molar refractivity (Wildman–Crippen MR) is 89.5 cm³/mol. The molecular weight excluding hydrogens is 335 g/mol. The molecule has 2 rings (SSSR count). The van der Waals surface area contributed by atoms with E-state index in [0.717, 1.165) is 25.9 Å². The molecule has 1 aromatic rings. The fourth-order valence-corrected chi connectivity index (χ4v) is 2.59. The van der Waals surface area contributed by atoms with Crippen molar-refractivity contribution in [3.63, 3.8) is 0 Å². The number of ether oxygens (including phenoxy) is 2. The Morgan fingerprint density at radius 3 is 2.80 bits per heavy atom. The number of nitrogens with zero attached hydrogens (tertiary/aromatic N) is 1. The van der Waals surface area contributed by atoms with Crippen LogP contribution >= 0.6 is 0 Å². The molecule has 25 heavy (non-hydrogen) atoms. The molecule has 1 saturated heterocycles. The van der Waals surface area contributed by atoms with E-state index >= 15 is 0 Å². The lowest BCUT2D eigenvalue weighted by molar-refractivity contribution is -0.274. The van der Waals surface area contributed by atoms with Gasteiger partial charge in [0.2, 0.25) is 0 Å². The maximum Gasteiger partial charge on any atom is 0.573 e. The van der Waals surface area contributed by atoms with Crippen molar-refractivity contribution in [3.05, 3.63) is 29.8 Å². The lowest BCUT2D eigenvalue weighted by Crippen LogP contribution is -2.38. The van der Waals surface area contributed by atoms with Gasteiger partial charge in [0.15, 0.2) is 5.96 Å². The third kappa shape index (κ3) is 7.21. The minimum absolute atomic E-state index is 0.0848. The van der Waals surface area contributed by atoms with E-state index in [2.05, 4.69) is 20.4 Å². The molecule has 0 radical (unpaired) electrons. The second-order valence-corrected chi connectivity index (χ2v) is 5.70. The monoisotopic (exact) mass is 359 g/mol. The first-order valence-corrected chi connectivity index (χ1v) is 8.45. The predicted octanol–water partition coefficient (Wildman–Crippen LogP) is 3.21. The smallest absolute Gasteiger partial charge is 0.405 e. The minimum atomic E-state index is -4.72. The van der Waals surface area contributed by atoms with Crippen LogP contribution in [0, 0.1) is 0 Å². The molecule has 2 N–H and O–H groups in total. The van der Waals surface area contributed by atoms with Crippen molar-refractivity contribution < 1.29 is 22.6 Å². The number of aliphatic imine (C=N–C) groups is 1. The van der Waals surface area contributed by atoms with Crippen LogP contribution in [0.5, 0.6) is 5.75 Å². The number of hydrogen-bond acceptors (Lipinski definition) is 3. The van der Waals surface area contributed by atoms with Crippen LogP contribution < -0.4 is 15.4 Å². The molecule has 0 spiro atoms. The second kappa shape index (κ2) is 9.50. The molecule has 1 aliphatic heterocycles. The Morgan fingerprint density at radius 2 is 2.12 bits per heavy atom. The summed E-state index contributed by atoms with van der Waals surface area (Å²) >= 11 is 0. The Balaban J connectivity index is 1.93. The number of alkyl halides is 3. The topological polar surface area (TPSA) is 54.9 Å². The molecule has 1 fully saturated rings. The summed E-state index contributed by atoms with van der Waals surface area (Å²) in [5, 5.41) is 6.26. The molecule has 1 atom stereocenters. The zero-order valence-electron chi connectivity index (χ0n) is 14.2. The fraction of sp³-hybridized carbons (Fsp3) is 0.588. The van der Waals surface area contributed by atoms with E-state index in [1.807, 2.05) is 6.92 Å². The maximum absolute atomic E-state index is 12.5. The van der Waals surface area contributed by atoms with Gasteiger partial charge in [-0.05, 0) is 32.3 Å². The Morgan fingerprint density at radius 1 is 1.32 bits per heavy atom. The van der Waals surface area contributed by atoms with Gasteiger partial charge >= 0.3 is 6.36 Å². The van der Waals surface area contributed by atoms with E-state index in [4.69, 9.17) is 4.74 Å². The quantitative estimate of drug-likeness (QED) is 0.580. The van der Waals surface area contributed by atoms with Crippen LogP contribution in [0.25, 0.3) is 0 Å². The summed E-state index contributed by atoms with van der Waals surface area (Å²) in [5.41, 5.74) is 0.371.